The quantitative estimate of drug-likeness (QED) is 0.759. The summed E-state index contributed by atoms with van der Waals surface area (Å²) in [6, 6.07) is 14.0. The summed E-state index contributed by atoms with van der Waals surface area (Å²) in [6.45, 7) is 1.97. The molecule has 0 aliphatic heterocycles. The number of hydrogen-bond acceptors (Lipinski definition) is 3. The maximum Gasteiger partial charge on any atom is 0.0705 e. The molecule has 0 radical (unpaired) electrons. The maximum atomic E-state index is 6.29. The number of aryl methyl sites for hydroxylation is 1. The van der Waals surface area contributed by atoms with Crippen molar-refractivity contribution < 1.29 is 0 Å². The zero-order valence-electron chi connectivity index (χ0n) is 10.7. The third kappa shape index (κ3) is 2.33. The lowest BCUT2D eigenvalue weighted by Crippen LogP contribution is -2.12. The fourth-order valence-electron chi connectivity index (χ4n) is 2.13. The van der Waals surface area contributed by atoms with E-state index in [0.29, 0.717) is 0 Å². The summed E-state index contributed by atoms with van der Waals surface area (Å²) >= 11 is 0. The summed E-state index contributed by atoms with van der Waals surface area (Å²) in [5.41, 5.74) is 10.3. The normalized spacial score (nSPS) is 12.5. The molecule has 19 heavy (non-hydrogen) atoms. The minimum Gasteiger partial charge on any atom is -0.320 e. The first-order valence-corrected chi connectivity index (χ1v) is 6.27. The first kappa shape index (κ1) is 11.8. The van der Waals surface area contributed by atoms with Gasteiger partial charge < -0.3 is 5.73 Å². The van der Waals surface area contributed by atoms with E-state index in [0.717, 1.165) is 27.7 Å². The van der Waals surface area contributed by atoms with E-state index >= 15 is 0 Å². The number of nitrogens with zero attached hydrogens (tertiary/aromatic N) is 2. The van der Waals surface area contributed by atoms with Crippen LogP contribution in [0.4, 0.5) is 0 Å². The highest BCUT2D eigenvalue weighted by Crippen LogP contribution is 2.22. The van der Waals surface area contributed by atoms with Crippen molar-refractivity contribution in [2.24, 2.45) is 5.73 Å². The van der Waals surface area contributed by atoms with Gasteiger partial charge in [0.15, 0.2) is 0 Å². The number of nitrogens with two attached hydrogens (primary N) is 1. The van der Waals surface area contributed by atoms with Gasteiger partial charge in [-0.25, -0.2) is 0 Å². The summed E-state index contributed by atoms with van der Waals surface area (Å²) in [4.78, 5) is 8.65. The molecule has 0 fully saturated rings. The lowest BCUT2D eigenvalue weighted by molar-refractivity contribution is 0.861. The maximum absolute atomic E-state index is 6.29. The van der Waals surface area contributed by atoms with Crippen molar-refractivity contribution in [1.82, 2.24) is 9.97 Å². The van der Waals surface area contributed by atoms with E-state index in [-0.39, 0.29) is 6.04 Å². The molecule has 0 saturated carbocycles. The fourth-order valence-corrected chi connectivity index (χ4v) is 2.13. The first-order valence-electron chi connectivity index (χ1n) is 6.27. The number of aromatic nitrogens is 2. The van der Waals surface area contributed by atoms with E-state index in [1.165, 1.54) is 0 Å². The molecule has 2 N–H and O–H groups in total. The van der Waals surface area contributed by atoms with Gasteiger partial charge in [0.25, 0.3) is 0 Å². The molecule has 0 aliphatic rings. The SMILES string of the molecule is Cc1ccc(C(N)c2ccc3cccnc3c2)cn1. The highest BCUT2D eigenvalue weighted by Gasteiger charge is 2.09. The van der Waals surface area contributed by atoms with Crippen molar-refractivity contribution in [2.75, 3.05) is 0 Å². The highest BCUT2D eigenvalue weighted by molar-refractivity contribution is 5.79. The topological polar surface area (TPSA) is 51.8 Å². The molecule has 1 unspecified atom stereocenters. The molecule has 3 nitrogen and oxygen atoms in total. The monoisotopic (exact) mass is 249 g/mol. The van der Waals surface area contributed by atoms with Crippen molar-refractivity contribution in [3.8, 4) is 0 Å². The van der Waals surface area contributed by atoms with Crippen LogP contribution in [0.2, 0.25) is 0 Å². The van der Waals surface area contributed by atoms with Crippen LogP contribution in [0.25, 0.3) is 10.9 Å². The predicted molar refractivity (Wildman–Crippen MR) is 76.7 cm³/mol. The van der Waals surface area contributed by atoms with Crippen LogP contribution in [0.15, 0.2) is 54.9 Å². The molecule has 3 heteroatoms. The van der Waals surface area contributed by atoms with E-state index in [1.807, 2.05) is 43.5 Å². The Morgan fingerprint density at radius 1 is 1.00 bits per heavy atom. The second kappa shape index (κ2) is 4.78. The molecule has 0 bridgehead atoms. The molecule has 1 atom stereocenters. The first-order chi connectivity index (χ1) is 9.24. The van der Waals surface area contributed by atoms with Gasteiger partial charge in [-0.05, 0) is 36.2 Å². The summed E-state index contributed by atoms with van der Waals surface area (Å²) < 4.78 is 0. The standard InChI is InChI=1S/C16H15N3/c1-11-4-5-14(10-19-11)16(17)13-7-6-12-3-2-8-18-15(12)9-13/h2-10,16H,17H2,1H3. The van der Waals surface area contributed by atoms with Gasteiger partial charge in [0, 0.05) is 23.5 Å². The molecule has 1 aromatic carbocycles. The van der Waals surface area contributed by atoms with E-state index in [2.05, 4.69) is 22.1 Å². The third-order valence-electron chi connectivity index (χ3n) is 3.28. The van der Waals surface area contributed by atoms with Gasteiger partial charge in [0.2, 0.25) is 0 Å². The molecule has 2 heterocycles. The largest absolute Gasteiger partial charge is 0.320 e. The zero-order chi connectivity index (χ0) is 13.2. The van der Waals surface area contributed by atoms with Gasteiger partial charge in [0.05, 0.1) is 11.6 Å². The van der Waals surface area contributed by atoms with Crippen LogP contribution >= 0.6 is 0 Å². The fraction of sp³-hybridized carbons (Fsp3) is 0.125. The second-order valence-corrected chi connectivity index (χ2v) is 4.67. The highest BCUT2D eigenvalue weighted by atomic mass is 14.7. The Hall–Kier alpha value is -2.26. The van der Waals surface area contributed by atoms with Crippen molar-refractivity contribution in [3.63, 3.8) is 0 Å². The summed E-state index contributed by atoms with van der Waals surface area (Å²) in [5.74, 6) is 0. The molecule has 0 amide bonds. The van der Waals surface area contributed by atoms with E-state index in [1.54, 1.807) is 6.20 Å². The van der Waals surface area contributed by atoms with Crippen molar-refractivity contribution in [3.05, 3.63) is 71.7 Å². The van der Waals surface area contributed by atoms with Gasteiger partial charge in [-0.3, -0.25) is 9.97 Å². The molecular weight excluding hydrogens is 234 g/mol. The summed E-state index contributed by atoms with van der Waals surface area (Å²) in [6.07, 6.45) is 3.63. The lowest BCUT2D eigenvalue weighted by Gasteiger charge is -2.13. The molecule has 3 rings (SSSR count). The minimum atomic E-state index is -0.167. The van der Waals surface area contributed by atoms with Crippen LogP contribution in [-0.4, -0.2) is 9.97 Å². The lowest BCUT2D eigenvalue weighted by atomic mass is 9.99. The van der Waals surface area contributed by atoms with E-state index < -0.39 is 0 Å². The van der Waals surface area contributed by atoms with Crippen molar-refractivity contribution in [2.45, 2.75) is 13.0 Å². The molecular formula is C16H15N3. The van der Waals surface area contributed by atoms with Crippen molar-refractivity contribution >= 4 is 10.9 Å². The Kier molecular flexibility index (Phi) is 2.97. The number of rotatable bonds is 2. The van der Waals surface area contributed by atoms with Crippen LogP contribution in [0, 0.1) is 6.92 Å². The smallest absolute Gasteiger partial charge is 0.0705 e. The predicted octanol–water partition coefficient (Wildman–Crippen LogP) is 2.99. The average Bonchev–Trinajstić information content (AvgIpc) is 2.47. The van der Waals surface area contributed by atoms with Crippen molar-refractivity contribution in [1.29, 1.82) is 0 Å². The average molecular weight is 249 g/mol. The molecule has 94 valence electrons. The van der Waals surface area contributed by atoms with Gasteiger partial charge in [-0.1, -0.05) is 24.3 Å². The Morgan fingerprint density at radius 2 is 1.84 bits per heavy atom. The number of hydrogen-bond donors (Lipinski definition) is 1. The molecule has 0 spiro atoms. The van der Waals surface area contributed by atoms with Gasteiger partial charge in [-0.2, -0.15) is 0 Å². The van der Waals surface area contributed by atoms with Crippen LogP contribution in [-0.2, 0) is 0 Å². The third-order valence-corrected chi connectivity index (χ3v) is 3.28. The van der Waals surface area contributed by atoms with Crippen LogP contribution < -0.4 is 5.73 Å². The second-order valence-electron chi connectivity index (χ2n) is 4.67. The van der Waals surface area contributed by atoms with Crippen LogP contribution in [0.5, 0.6) is 0 Å². The molecule has 0 saturated heterocycles. The zero-order valence-corrected chi connectivity index (χ0v) is 10.7. The Morgan fingerprint density at radius 3 is 2.63 bits per heavy atom. The number of fused-ring (bicyclic) bond motifs is 1. The molecule has 3 aromatic rings. The summed E-state index contributed by atoms with van der Waals surface area (Å²) in [7, 11) is 0. The molecule has 0 aliphatic carbocycles. The molecule has 2 aromatic heterocycles. The van der Waals surface area contributed by atoms with Gasteiger partial charge in [0.1, 0.15) is 0 Å². The van der Waals surface area contributed by atoms with E-state index in [9.17, 15) is 0 Å². The number of benzene rings is 1. The Balaban J connectivity index is 2.01. The Labute approximate surface area is 112 Å². The minimum absolute atomic E-state index is 0.167. The summed E-state index contributed by atoms with van der Waals surface area (Å²) in [5, 5.41) is 1.13. The van der Waals surface area contributed by atoms with Gasteiger partial charge in [-0.15, -0.1) is 0 Å². The van der Waals surface area contributed by atoms with E-state index in [4.69, 9.17) is 5.73 Å². The van der Waals surface area contributed by atoms with Gasteiger partial charge >= 0.3 is 0 Å². The van der Waals surface area contributed by atoms with Crippen LogP contribution in [0.1, 0.15) is 22.9 Å². The van der Waals surface area contributed by atoms with Crippen LogP contribution in [0.3, 0.4) is 0 Å². The Bertz CT molecular complexity index is 705. The number of pyridine rings is 2.